The molecular formula is C14H17ClO3. The summed E-state index contributed by atoms with van der Waals surface area (Å²) in [7, 11) is 1.66. The minimum atomic E-state index is -0.619. The van der Waals surface area contributed by atoms with Crippen LogP contribution in [-0.2, 0) is 4.74 Å². The monoisotopic (exact) mass is 268 g/mol. The Morgan fingerprint density at radius 2 is 2.17 bits per heavy atom. The molecule has 0 saturated heterocycles. The Morgan fingerprint density at radius 1 is 1.39 bits per heavy atom. The zero-order valence-electron chi connectivity index (χ0n) is 10.5. The van der Waals surface area contributed by atoms with Gasteiger partial charge in [0.2, 0.25) is 0 Å². The van der Waals surface area contributed by atoms with E-state index in [0.717, 1.165) is 11.8 Å². The predicted molar refractivity (Wildman–Crippen MR) is 71.9 cm³/mol. The lowest BCUT2D eigenvalue weighted by atomic mass is 10.1. The molecule has 0 aliphatic rings. The van der Waals surface area contributed by atoms with E-state index in [-0.39, 0.29) is 6.10 Å². The van der Waals surface area contributed by atoms with E-state index in [1.165, 1.54) is 0 Å². The first-order valence-electron chi connectivity index (χ1n) is 6.00. The minimum Gasteiger partial charge on any atom is -0.457 e. The van der Waals surface area contributed by atoms with Gasteiger partial charge >= 0.3 is 0 Å². The van der Waals surface area contributed by atoms with E-state index in [4.69, 9.17) is 20.8 Å². The van der Waals surface area contributed by atoms with Gasteiger partial charge in [-0.3, -0.25) is 0 Å². The van der Waals surface area contributed by atoms with Crippen molar-refractivity contribution in [3.8, 4) is 0 Å². The number of rotatable bonds is 5. The van der Waals surface area contributed by atoms with E-state index < -0.39 is 6.10 Å². The SMILES string of the molecule is COC(C)CCC(O)c1cc2cccc(Cl)c2o1. The van der Waals surface area contributed by atoms with E-state index in [9.17, 15) is 5.11 Å². The largest absolute Gasteiger partial charge is 0.457 e. The Morgan fingerprint density at radius 3 is 2.83 bits per heavy atom. The van der Waals surface area contributed by atoms with Crippen LogP contribution < -0.4 is 0 Å². The van der Waals surface area contributed by atoms with E-state index in [2.05, 4.69) is 0 Å². The van der Waals surface area contributed by atoms with Crippen LogP contribution in [0.25, 0.3) is 11.0 Å². The molecule has 18 heavy (non-hydrogen) atoms. The number of aliphatic hydroxyl groups excluding tert-OH is 1. The molecule has 0 radical (unpaired) electrons. The zero-order valence-corrected chi connectivity index (χ0v) is 11.3. The quantitative estimate of drug-likeness (QED) is 0.893. The van der Waals surface area contributed by atoms with E-state index >= 15 is 0 Å². The average Bonchev–Trinajstić information content (AvgIpc) is 2.81. The lowest BCUT2D eigenvalue weighted by Crippen LogP contribution is -2.07. The van der Waals surface area contributed by atoms with Gasteiger partial charge in [-0.25, -0.2) is 0 Å². The Bertz CT molecular complexity index is 521. The van der Waals surface area contributed by atoms with Gasteiger partial charge in [-0.05, 0) is 31.9 Å². The van der Waals surface area contributed by atoms with Crippen LogP contribution in [-0.4, -0.2) is 18.3 Å². The normalized spacial score (nSPS) is 14.9. The lowest BCUT2D eigenvalue weighted by molar-refractivity contribution is 0.0786. The minimum absolute atomic E-state index is 0.132. The van der Waals surface area contributed by atoms with Crippen LogP contribution in [0.1, 0.15) is 31.6 Å². The first-order chi connectivity index (χ1) is 8.61. The second-order valence-electron chi connectivity index (χ2n) is 4.45. The topological polar surface area (TPSA) is 42.6 Å². The van der Waals surface area contributed by atoms with Gasteiger partial charge in [-0.1, -0.05) is 23.7 Å². The van der Waals surface area contributed by atoms with Crippen LogP contribution in [0, 0.1) is 0 Å². The smallest absolute Gasteiger partial charge is 0.152 e. The second kappa shape index (κ2) is 5.74. The van der Waals surface area contributed by atoms with Gasteiger partial charge in [0.1, 0.15) is 11.9 Å². The predicted octanol–water partition coefficient (Wildman–Crippen LogP) is 3.93. The van der Waals surface area contributed by atoms with Crippen molar-refractivity contribution in [3.05, 3.63) is 35.0 Å². The van der Waals surface area contributed by atoms with Gasteiger partial charge in [0.25, 0.3) is 0 Å². The summed E-state index contributed by atoms with van der Waals surface area (Å²) in [5.74, 6) is 0.557. The number of furan rings is 1. The van der Waals surface area contributed by atoms with Crippen molar-refractivity contribution in [1.29, 1.82) is 0 Å². The summed E-state index contributed by atoms with van der Waals surface area (Å²) in [6.07, 6.45) is 0.896. The number of benzene rings is 1. The number of hydrogen-bond donors (Lipinski definition) is 1. The molecule has 0 fully saturated rings. The van der Waals surface area contributed by atoms with Crippen LogP contribution in [0.3, 0.4) is 0 Å². The molecule has 4 heteroatoms. The molecule has 98 valence electrons. The maximum Gasteiger partial charge on any atom is 0.152 e. The first kappa shape index (κ1) is 13.4. The summed E-state index contributed by atoms with van der Waals surface area (Å²) in [6.45, 7) is 1.97. The fraction of sp³-hybridized carbons (Fsp3) is 0.429. The van der Waals surface area contributed by atoms with Gasteiger partial charge in [-0.2, -0.15) is 0 Å². The van der Waals surface area contributed by atoms with E-state index in [0.29, 0.717) is 22.8 Å². The molecular weight excluding hydrogens is 252 g/mol. The van der Waals surface area contributed by atoms with Gasteiger partial charge < -0.3 is 14.3 Å². The number of para-hydroxylation sites is 1. The number of aliphatic hydroxyl groups is 1. The molecule has 1 heterocycles. The molecule has 1 N–H and O–H groups in total. The maximum atomic E-state index is 10.1. The number of ether oxygens (including phenoxy) is 1. The highest BCUT2D eigenvalue weighted by Gasteiger charge is 2.15. The van der Waals surface area contributed by atoms with Crippen molar-refractivity contribution in [1.82, 2.24) is 0 Å². The molecule has 0 aliphatic carbocycles. The number of halogens is 1. The van der Waals surface area contributed by atoms with Crippen molar-refractivity contribution in [2.75, 3.05) is 7.11 Å². The molecule has 1 aromatic heterocycles. The van der Waals surface area contributed by atoms with Crippen molar-refractivity contribution in [3.63, 3.8) is 0 Å². The van der Waals surface area contributed by atoms with Crippen LogP contribution in [0.4, 0.5) is 0 Å². The Balaban J connectivity index is 2.13. The molecule has 0 saturated carbocycles. The van der Waals surface area contributed by atoms with Crippen molar-refractivity contribution in [2.24, 2.45) is 0 Å². The molecule has 0 aliphatic heterocycles. The third kappa shape index (κ3) is 2.86. The molecule has 3 nitrogen and oxygen atoms in total. The molecule has 2 unspecified atom stereocenters. The van der Waals surface area contributed by atoms with Crippen molar-refractivity contribution < 1.29 is 14.3 Å². The van der Waals surface area contributed by atoms with Crippen LogP contribution >= 0.6 is 11.6 Å². The molecule has 1 aromatic carbocycles. The Hall–Kier alpha value is -1.03. The number of hydrogen-bond acceptors (Lipinski definition) is 3. The highest BCUT2D eigenvalue weighted by Crippen LogP contribution is 2.31. The molecule has 0 amide bonds. The summed E-state index contributed by atoms with van der Waals surface area (Å²) in [5.41, 5.74) is 0.632. The average molecular weight is 269 g/mol. The van der Waals surface area contributed by atoms with Crippen LogP contribution in [0.2, 0.25) is 5.02 Å². The standard InChI is InChI=1S/C14H17ClO3/c1-9(17-2)6-7-12(16)13-8-10-4-3-5-11(15)14(10)18-13/h3-5,8-9,12,16H,6-7H2,1-2H3. The Kier molecular flexibility index (Phi) is 4.27. The first-order valence-corrected chi connectivity index (χ1v) is 6.38. The van der Waals surface area contributed by atoms with E-state index in [1.54, 1.807) is 13.2 Å². The summed E-state index contributed by atoms with van der Waals surface area (Å²) in [5, 5.41) is 11.5. The van der Waals surface area contributed by atoms with Crippen LogP contribution in [0.5, 0.6) is 0 Å². The maximum absolute atomic E-state index is 10.1. The highest BCUT2D eigenvalue weighted by atomic mass is 35.5. The molecule has 2 rings (SSSR count). The van der Waals surface area contributed by atoms with Gasteiger partial charge in [0.05, 0.1) is 11.1 Å². The van der Waals surface area contributed by atoms with E-state index in [1.807, 2.05) is 25.1 Å². The van der Waals surface area contributed by atoms with Gasteiger partial charge in [-0.15, -0.1) is 0 Å². The van der Waals surface area contributed by atoms with Crippen molar-refractivity contribution in [2.45, 2.75) is 32.0 Å². The summed E-state index contributed by atoms with van der Waals surface area (Å²) in [4.78, 5) is 0. The third-order valence-electron chi connectivity index (χ3n) is 3.09. The third-order valence-corrected chi connectivity index (χ3v) is 3.39. The number of fused-ring (bicyclic) bond motifs is 1. The Labute approximate surface area is 111 Å². The number of methoxy groups -OCH3 is 1. The summed E-state index contributed by atoms with van der Waals surface area (Å²) < 4.78 is 10.8. The summed E-state index contributed by atoms with van der Waals surface area (Å²) in [6, 6.07) is 7.39. The fourth-order valence-electron chi connectivity index (χ4n) is 1.86. The van der Waals surface area contributed by atoms with Gasteiger partial charge in [0, 0.05) is 12.5 Å². The molecule has 0 spiro atoms. The second-order valence-corrected chi connectivity index (χ2v) is 4.85. The van der Waals surface area contributed by atoms with Crippen molar-refractivity contribution >= 4 is 22.6 Å². The van der Waals surface area contributed by atoms with Gasteiger partial charge in [0.15, 0.2) is 5.58 Å². The molecule has 2 aromatic rings. The highest BCUT2D eigenvalue weighted by molar-refractivity contribution is 6.34. The molecule has 2 atom stereocenters. The lowest BCUT2D eigenvalue weighted by Gasteiger charge is -2.11. The molecule has 0 bridgehead atoms. The fourth-order valence-corrected chi connectivity index (χ4v) is 2.08. The van der Waals surface area contributed by atoms with Crippen LogP contribution in [0.15, 0.2) is 28.7 Å². The zero-order chi connectivity index (χ0) is 13.1. The summed E-state index contributed by atoms with van der Waals surface area (Å²) >= 11 is 6.03.